The van der Waals surface area contributed by atoms with Gasteiger partial charge in [0.2, 0.25) is 5.82 Å². The van der Waals surface area contributed by atoms with Crippen LogP contribution in [0.4, 0.5) is 0 Å². The molecule has 0 radical (unpaired) electrons. The lowest BCUT2D eigenvalue weighted by atomic mass is 10.3. The predicted octanol–water partition coefficient (Wildman–Crippen LogP) is 1.55. The van der Waals surface area contributed by atoms with Crippen LogP contribution in [-0.2, 0) is 13.7 Å². The number of ether oxygens (including phenoxy) is 1. The second-order valence-electron chi connectivity index (χ2n) is 2.91. The SMILES string of the molecule is Cn1nnc(COc2ccccc2Br)n1. The molecule has 0 spiro atoms. The van der Waals surface area contributed by atoms with E-state index in [1.54, 1.807) is 7.05 Å². The van der Waals surface area contributed by atoms with Crippen molar-refractivity contribution in [2.45, 2.75) is 6.61 Å². The van der Waals surface area contributed by atoms with E-state index in [9.17, 15) is 0 Å². The summed E-state index contributed by atoms with van der Waals surface area (Å²) in [5.74, 6) is 1.33. The van der Waals surface area contributed by atoms with Gasteiger partial charge in [0.1, 0.15) is 5.75 Å². The Bertz CT molecular complexity index is 457. The van der Waals surface area contributed by atoms with Crippen LogP contribution in [0.1, 0.15) is 5.82 Å². The van der Waals surface area contributed by atoms with Gasteiger partial charge in [-0.05, 0) is 33.3 Å². The minimum atomic E-state index is 0.316. The van der Waals surface area contributed by atoms with Crippen LogP contribution in [0, 0.1) is 0 Å². The molecule has 2 aromatic rings. The molecule has 0 atom stereocenters. The summed E-state index contributed by atoms with van der Waals surface area (Å²) >= 11 is 3.39. The molecule has 0 aliphatic carbocycles. The molecule has 1 aromatic heterocycles. The van der Waals surface area contributed by atoms with E-state index in [0.717, 1.165) is 10.2 Å². The number of rotatable bonds is 3. The molecule has 0 amide bonds. The van der Waals surface area contributed by atoms with Crippen molar-refractivity contribution in [1.29, 1.82) is 0 Å². The Morgan fingerprint density at radius 2 is 2.20 bits per heavy atom. The predicted molar refractivity (Wildman–Crippen MR) is 57.3 cm³/mol. The number of para-hydroxylation sites is 1. The Kier molecular flexibility index (Phi) is 2.96. The summed E-state index contributed by atoms with van der Waals surface area (Å²) in [7, 11) is 1.72. The average Bonchev–Trinajstić information content (AvgIpc) is 2.63. The molecule has 0 saturated heterocycles. The lowest BCUT2D eigenvalue weighted by Gasteiger charge is -2.04. The lowest BCUT2D eigenvalue weighted by molar-refractivity contribution is 0.293. The molecule has 5 nitrogen and oxygen atoms in total. The standard InChI is InChI=1S/C9H9BrN4O/c1-14-12-9(11-13-14)6-15-8-5-3-2-4-7(8)10/h2-5H,6H2,1H3. The maximum Gasteiger partial charge on any atom is 0.212 e. The Labute approximate surface area is 95.2 Å². The second-order valence-corrected chi connectivity index (χ2v) is 3.77. The summed E-state index contributed by atoms with van der Waals surface area (Å²) in [6.07, 6.45) is 0. The maximum atomic E-state index is 5.51. The number of halogens is 1. The van der Waals surface area contributed by atoms with Crippen molar-refractivity contribution in [2.75, 3.05) is 0 Å². The molecule has 0 fully saturated rings. The number of aryl methyl sites for hydroxylation is 1. The molecule has 0 bridgehead atoms. The van der Waals surface area contributed by atoms with Gasteiger partial charge in [-0.15, -0.1) is 10.2 Å². The number of hydrogen-bond acceptors (Lipinski definition) is 4. The molecule has 0 unspecified atom stereocenters. The van der Waals surface area contributed by atoms with Crippen LogP contribution in [0.2, 0.25) is 0 Å². The summed E-state index contributed by atoms with van der Waals surface area (Å²) in [5, 5.41) is 11.5. The first-order chi connectivity index (χ1) is 7.25. The van der Waals surface area contributed by atoms with Gasteiger partial charge in [-0.25, -0.2) is 0 Å². The monoisotopic (exact) mass is 268 g/mol. The largest absolute Gasteiger partial charge is 0.484 e. The van der Waals surface area contributed by atoms with E-state index in [4.69, 9.17) is 4.74 Å². The first-order valence-electron chi connectivity index (χ1n) is 4.36. The first-order valence-corrected chi connectivity index (χ1v) is 5.15. The Balaban J connectivity index is 2.02. The molecule has 0 N–H and O–H groups in total. The number of nitrogens with zero attached hydrogens (tertiary/aromatic N) is 4. The number of hydrogen-bond donors (Lipinski definition) is 0. The van der Waals surface area contributed by atoms with E-state index < -0.39 is 0 Å². The topological polar surface area (TPSA) is 52.8 Å². The van der Waals surface area contributed by atoms with Gasteiger partial charge in [-0.2, -0.15) is 4.80 Å². The third-order valence-corrected chi connectivity index (χ3v) is 2.40. The highest BCUT2D eigenvalue weighted by molar-refractivity contribution is 9.10. The number of aromatic nitrogens is 4. The van der Waals surface area contributed by atoms with E-state index in [0.29, 0.717) is 12.4 Å². The van der Waals surface area contributed by atoms with Crippen molar-refractivity contribution in [2.24, 2.45) is 7.05 Å². The Morgan fingerprint density at radius 1 is 1.40 bits per heavy atom. The van der Waals surface area contributed by atoms with Crippen molar-refractivity contribution in [3.8, 4) is 5.75 Å². The molecule has 0 saturated carbocycles. The van der Waals surface area contributed by atoms with Crippen molar-refractivity contribution in [1.82, 2.24) is 20.2 Å². The highest BCUT2D eigenvalue weighted by Gasteiger charge is 2.03. The van der Waals surface area contributed by atoms with E-state index >= 15 is 0 Å². The molecular weight excluding hydrogens is 260 g/mol. The zero-order valence-electron chi connectivity index (χ0n) is 8.09. The van der Waals surface area contributed by atoms with Gasteiger partial charge in [0.05, 0.1) is 11.5 Å². The zero-order valence-corrected chi connectivity index (χ0v) is 9.68. The van der Waals surface area contributed by atoms with E-state index in [1.807, 2.05) is 24.3 Å². The van der Waals surface area contributed by atoms with Crippen LogP contribution in [0.25, 0.3) is 0 Å². The summed E-state index contributed by atoms with van der Waals surface area (Å²) in [5.41, 5.74) is 0. The lowest BCUT2D eigenvalue weighted by Crippen LogP contribution is -1.99. The van der Waals surface area contributed by atoms with Crippen LogP contribution in [-0.4, -0.2) is 20.2 Å². The summed E-state index contributed by atoms with van der Waals surface area (Å²) < 4.78 is 6.42. The minimum absolute atomic E-state index is 0.316. The highest BCUT2D eigenvalue weighted by Crippen LogP contribution is 2.24. The zero-order chi connectivity index (χ0) is 10.7. The van der Waals surface area contributed by atoms with Crippen LogP contribution in [0.15, 0.2) is 28.7 Å². The minimum Gasteiger partial charge on any atom is -0.484 e. The van der Waals surface area contributed by atoms with Crippen molar-refractivity contribution >= 4 is 15.9 Å². The second kappa shape index (κ2) is 4.39. The third kappa shape index (κ3) is 2.53. The molecule has 2 rings (SSSR count). The van der Waals surface area contributed by atoms with E-state index in [2.05, 4.69) is 31.3 Å². The maximum absolute atomic E-state index is 5.51. The van der Waals surface area contributed by atoms with Gasteiger partial charge in [0.15, 0.2) is 6.61 Å². The van der Waals surface area contributed by atoms with Crippen molar-refractivity contribution in [3.63, 3.8) is 0 Å². The van der Waals surface area contributed by atoms with Gasteiger partial charge in [0, 0.05) is 0 Å². The van der Waals surface area contributed by atoms with Crippen molar-refractivity contribution in [3.05, 3.63) is 34.6 Å². The Hall–Kier alpha value is -1.43. The quantitative estimate of drug-likeness (QED) is 0.848. The molecule has 1 heterocycles. The molecule has 6 heteroatoms. The normalized spacial score (nSPS) is 10.3. The molecule has 78 valence electrons. The summed E-state index contributed by atoms with van der Waals surface area (Å²) in [6, 6.07) is 7.63. The summed E-state index contributed by atoms with van der Waals surface area (Å²) in [4.78, 5) is 1.40. The first kappa shape index (κ1) is 10.1. The van der Waals surface area contributed by atoms with Gasteiger partial charge in [-0.1, -0.05) is 12.1 Å². The van der Waals surface area contributed by atoms with Gasteiger partial charge in [0.25, 0.3) is 0 Å². The fraction of sp³-hybridized carbons (Fsp3) is 0.222. The highest BCUT2D eigenvalue weighted by atomic mass is 79.9. The number of benzene rings is 1. The molecule has 15 heavy (non-hydrogen) atoms. The average molecular weight is 269 g/mol. The van der Waals surface area contributed by atoms with Crippen LogP contribution < -0.4 is 4.74 Å². The fourth-order valence-corrected chi connectivity index (χ4v) is 1.48. The van der Waals surface area contributed by atoms with Gasteiger partial charge < -0.3 is 4.74 Å². The molecule has 1 aromatic carbocycles. The van der Waals surface area contributed by atoms with Crippen LogP contribution >= 0.6 is 15.9 Å². The summed E-state index contributed by atoms with van der Waals surface area (Å²) in [6.45, 7) is 0.316. The fourth-order valence-electron chi connectivity index (χ4n) is 1.09. The van der Waals surface area contributed by atoms with Gasteiger partial charge >= 0.3 is 0 Å². The smallest absolute Gasteiger partial charge is 0.212 e. The van der Waals surface area contributed by atoms with Crippen LogP contribution in [0.5, 0.6) is 5.75 Å². The van der Waals surface area contributed by atoms with Gasteiger partial charge in [-0.3, -0.25) is 0 Å². The third-order valence-electron chi connectivity index (χ3n) is 1.74. The molecular formula is C9H9BrN4O. The number of tetrazole rings is 1. The Morgan fingerprint density at radius 3 is 2.87 bits per heavy atom. The molecule has 0 aliphatic rings. The van der Waals surface area contributed by atoms with E-state index in [1.165, 1.54) is 4.80 Å². The molecule has 0 aliphatic heterocycles. The van der Waals surface area contributed by atoms with Crippen molar-refractivity contribution < 1.29 is 4.74 Å². The van der Waals surface area contributed by atoms with Crippen LogP contribution in [0.3, 0.4) is 0 Å². The van der Waals surface area contributed by atoms with E-state index in [-0.39, 0.29) is 0 Å².